The van der Waals surface area contributed by atoms with Gasteiger partial charge in [-0.05, 0) is 25.8 Å². The highest BCUT2D eigenvalue weighted by Gasteiger charge is 2.01. The number of unbranched alkanes of at least 4 members (excludes halogenated alkanes) is 9. The molecule has 0 saturated carbocycles. The second kappa shape index (κ2) is 15.5. The maximum absolute atomic E-state index is 11.3. The monoisotopic (exact) mass is 271 g/mol. The first-order valence-electron chi connectivity index (χ1n) is 8.17. The van der Waals surface area contributed by atoms with Gasteiger partial charge in [-0.1, -0.05) is 58.3 Å². The highest BCUT2D eigenvalue weighted by molar-refractivity contribution is 5.69. The lowest BCUT2D eigenvalue weighted by atomic mass is 10.1. The number of hydrogen-bond acceptors (Lipinski definition) is 3. The van der Waals surface area contributed by atoms with Gasteiger partial charge in [0.1, 0.15) is 0 Å². The predicted octanol–water partition coefficient (Wildman–Crippen LogP) is 4.19. The third-order valence-corrected chi connectivity index (χ3v) is 3.35. The molecule has 0 radical (unpaired) electrons. The summed E-state index contributed by atoms with van der Waals surface area (Å²) in [5, 5.41) is 0. The van der Waals surface area contributed by atoms with Gasteiger partial charge in [-0.15, -0.1) is 0 Å². The Morgan fingerprint density at radius 1 is 0.842 bits per heavy atom. The van der Waals surface area contributed by atoms with E-state index < -0.39 is 0 Å². The Morgan fingerprint density at radius 3 is 1.89 bits per heavy atom. The van der Waals surface area contributed by atoms with Crippen molar-refractivity contribution < 1.29 is 9.53 Å². The van der Waals surface area contributed by atoms with Gasteiger partial charge in [-0.2, -0.15) is 0 Å². The zero-order valence-electron chi connectivity index (χ0n) is 12.8. The summed E-state index contributed by atoms with van der Waals surface area (Å²) in [6, 6.07) is 0. The number of nitrogens with two attached hydrogens (primary N) is 1. The normalized spacial score (nSPS) is 10.6. The molecule has 0 aromatic carbocycles. The van der Waals surface area contributed by atoms with E-state index in [-0.39, 0.29) is 5.97 Å². The van der Waals surface area contributed by atoms with Crippen LogP contribution in [-0.4, -0.2) is 19.1 Å². The van der Waals surface area contributed by atoms with Gasteiger partial charge in [-0.3, -0.25) is 4.79 Å². The van der Waals surface area contributed by atoms with Gasteiger partial charge in [0, 0.05) is 6.42 Å². The van der Waals surface area contributed by atoms with Crippen molar-refractivity contribution in [3.63, 3.8) is 0 Å². The zero-order chi connectivity index (χ0) is 14.2. The molecular weight excluding hydrogens is 238 g/mol. The van der Waals surface area contributed by atoms with E-state index in [2.05, 4.69) is 6.92 Å². The first kappa shape index (κ1) is 18.4. The van der Waals surface area contributed by atoms with Crippen LogP contribution in [0.1, 0.15) is 84.0 Å². The lowest BCUT2D eigenvalue weighted by Crippen LogP contribution is -2.05. The lowest BCUT2D eigenvalue weighted by molar-refractivity contribution is -0.143. The molecule has 3 nitrogen and oxygen atoms in total. The summed E-state index contributed by atoms with van der Waals surface area (Å²) in [6.45, 7) is 3.52. The Hall–Kier alpha value is -0.570. The van der Waals surface area contributed by atoms with E-state index in [4.69, 9.17) is 10.5 Å². The molecule has 2 N–H and O–H groups in total. The largest absolute Gasteiger partial charge is 0.466 e. The summed E-state index contributed by atoms with van der Waals surface area (Å²) in [5.41, 5.74) is 5.45. The van der Waals surface area contributed by atoms with Crippen molar-refractivity contribution in [3.8, 4) is 0 Å². The van der Waals surface area contributed by atoms with Crippen LogP contribution >= 0.6 is 0 Å². The van der Waals surface area contributed by atoms with Crippen LogP contribution in [0.4, 0.5) is 0 Å². The van der Waals surface area contributed by atoms with Gasteiger partial charge in [0.2, 0.25) is 0 Å². The van der Waals surface area contributed by atoms with Gasteiger partial charge < -0.3 is 10.5 Å². The van der Waals surface area contributed by atoms with Crippen LogP contribution in [0.25, 0.3) is 0 Å². The van der Waals surface area contributed by atoms with E-state index in [0.29, 0.717) is 13.0 Å². The molecule has 0 rings (SSSR count). The summed E-state index contributed by atoms with van der Waals surface area (Å²) in [5.74, 6) is -0.0183. The summed E-state index contributed by atoms with van der Waals surface area (Å²) in [7, 11) is 0. The molecule has 0 amide bonds. The van der Waals surface area contributed by atoms with Crippen LogP contribution in [0.2, 0.25) is 0 Å². The molecule has 0 aromatic heterocycles. The SMILES string of the molecule is CCCCOC(=O)CCCCCCCCCCCN. The minimum Gasteiger partial charge on any atom is -0.466 e. The first-order chi connectivity index (χ1) is 9.31. The number of hydrogen-bond donors (Lipinski definition) is 1. The summed E-state index contributed by atoms with van der Waals surface area (Å²) in [4.78, 5) is 11.3. The molecule has 0 heterocycles. The summed E-state index contributed by atoms with van der Waals surface area (Å²) < 4.78 is 5.12. The molecule has 0 aliphatic carbocycles. The van der Waals surface area contributed by atoms with Crippen molar-refractivity contribution in [2.75, 3.05) is 13.2 Å². The molecule has 0 aromatic rings. The highest BCUT2D eigenvalue weighted by atomic mass is 16.5. The van der Waals surface area contributed by atoms with Gasteiger partial charge in [0.05, 0.1) is 6.61 Å². The van der Waals surface area contributed by atoms with Crippen molar-refractivity contribution in [1.29, 1.82) is 0 Å². The van der Waals surface area contributed by atoms with Crippen molar-refractivity contribution >= 4 is 5.97 Å². The Balaban J connectivity index is 3.07. The average Bonchev–Trinajstić information content (AvgIpc) is 2.41. The molecule has 0 aliphatic heterocycles. The molecule has 19 heavy (non-hydrogen) atoms. The Morgan fingerprint density at radius 2 is 1.37 bits per heavy atom. The summed E-state index contributed by atoms with van der Waals surface area (Å²) in [6.07, 6.45) is 13.8. The van der Waals surface area contributed by atoms with E-state index in [0.717, 1.165) is 32.2 Å². The van der Waals surface area contributed by atoms with Crippen molar-refractivity contribution in [2.24, 2.45) is 5.73 Å². The van der Waals surface area contributed by atoms with Gasteiger partial charge in [-0.25, -0.2) is 0 Å². The van der Waals surface area contributed by atoms with Gasteiger partial charge >= 0.3 is 5.97 Å². The Labute approximate surface area is 119 Å². The molecule has 3 heteroatoms. The fourth-order valence-corrected chi connectivity index (χ4v) is 2.05. The van der Waals surface area contributed by atoms with E-state index in [1.54, 1.807) is 0 Å². The standard InChI is InChI=1S/C16H33NO2/c1-2-3-15-19-16(18)13-11-9-7-5-4-6-8-10-12-14-17/h2-15,17H2,1H3. The molecule has 0 spiro atoms. The zero-order valence-corrected chi connectivity index (χ0v) is 12.8. The first-order valence-corrected chi connectivity index (χ1v) is 8.17. The molecule has 0 saturated heterocycles. The molecule has 0 aliphatic rings. The molecule has 0 bridgehead atoms. The number of carbonyl (C=O) groups excluding carboxylic acids is 1. The second-order valence-electron chi connectivity index (χ2n) is 5.29. The van der Waals surface area contributed by atoms with Crippen molar-refractivity contribution in [1.82, 2.24) is 0 Å². The smallest absolute Gasteiger partial charge is 0.305 e. The van der Waals surface area contributed by atoms with Crippen LogP contribution in [0, 0.1) is 0 Å². The van der Waals surface area contributed by atoms with Crippen molar-refractivity contribution in [2.45, 2.75) is 84.0 Å². The molecular formula is C16H33NO2. The van der Waals surface area contributed by atoms with Crippen LogP contribution in [0.5, 0.6) is 0 Å². The van der Waals surface area contributed by atoms with E-state index in [1.807, 2.05) is 0 Å². The number of esters is 1. The fraction of sp³-hybridized carbons (Fsp3) is 0.938. The van der Waals surface area contributed by atoms with Crippen molar-refractivity contribution in [3.05, 3.63) is 0 Å². The Kier molecular flexibility index (Phi) is 15.0. The van der Waals surface area contributed by atoms with Crippen LogP contribution < -0.4 is 5.73 Å². The molecule has 0 atom stereocenters. The minimum atomic E-state index is -0.0183. The van der Waals surface area contributed by atoms with Crippen LogP contribution in [0.3, 0.4) is 0 Å². The molecule has 114 valence electrons. The van der Waals surface area contributed by atoms with Gasteiger partial charge in [0.15, 0.2) is 0 Å². The minimum absolute atomic E-state index is 0.0183. The third kappa shape index (κ3) is 15.4. The molecule has 0 unspecified atom stereocenters. The fourth-order valence-electron chi connectivity index (χ4n) is 2.05. The maximum atomic E-state index is 11.3. The predicted molar refractivity (Wildman–Crippen MR) is 81.1 cm³/mol. The quantitative estimate of drug-likeness (QED) is 0.381. The lowest BCUT2D eigenvalue weighted by Gasteiger charge is -2.04. The average molecular weight is 271 g/mol. The highest BCUT2D eigenvalue weighted by Crippen LogP contribution is 2.10. The topological polar surface area (TPSA) is 52.3 Å². The Bertz CT molecular complexity index is 195. The maximum Gasteiger partial charge on any atom is 0.305 e. The van der Waals surface area contributed by atoms with E-state index in [1.165, 1.54) is 44.9 Å². The van der Waals surface area contributed by atoms with E-state index in [9.17, 15) is 4.79 Å². The number of carbonyl (C=O) groups is 1. The molecule has 0 fully saturated rings. The third-order valence-electron chi connectivity index (χ3n) is 3.35. The number of rotatable bonds is 14. The van der Waals surface area contributed by atoms with E-state index >= 15 is 0 Å². The second-order valence-corrected chi connectivity index (χ2v) is 5.29. The summed E-state index contributed by atoms with van der Waals surface area (Å²) >= 11 is 0. The number of ether oxygens (including phenoxy) is 1. The van der Waals surface area contributed by atoms with Crippen LogP contribution in [0.15, 0.2) is 0 Å². The van der Waals surface area contributed by atoms with Crippen LogP contribution in [-0.2, 0) is 9.53 Å². The van der Waals surface area contributed by atoms with Gasteiger partial charge in [0.25, 0.3) is 0 Å².